The normalized spacial score (nSPS) is 27.1. The molecule has 1 aliphatic carbocycles. The van der Waals surface area contributed by atoms with Gasteiger partial charge in [-0.25, -0.2) is 0 Å². The summed E-state index contributed by atoms with van der Waals surface area (Å²) in [7, 11) is 0. The standard InChI is InChI=1S/C24H30N4O5S/c1-12-11-34-19-9-17(26-20(12)19)24(33)28-15-4-2-13(3-5-15)21(28)23(32)27-16(18(30)10-29)8-14-6-7-25-22(14)31/h9,11,13-16,21,26,29H,2-8,10H2,1H3,(H,25,31)(H,27,32)/t13?,14-,15?,16+,21+/m0/s1. The smallest absolute Gasteiger partial charge is 0.271 e. The van der Waals surface area contributed by atoms with Gasteiger partial charge in [-0.1, -0.05) is 0 Å². The molecule has 6 rings (SSSR count). The molecule has 182 valence electrons. The van der Waals surface area contributed by atoms with E-state index >= 15 is 0 Å². The van der Waals surface area contributed by atoms with Crippen LogP contribution < -0.4 is 10.6 Å². The molecule has 3 atom stereocenters. The van der Waals surface area contributed by atoms with Crippen LogP contribution in [-0.2, 0) is 14.4 Å². The largest absolute Gasteiger partial charge is 0.389 e. The number of carbonyl (C=O) groups is 4. The summed E-state index contributed by atoms with van der Waals surface area (Å²) in [6, 6.07) is 0.197. The zero-order chi connectivity index (χ0) is 24.0. The van der Waals surface area contributed by atoms with Crippen LogP contribution in [0.1, 0.15) is 54.6 Å². The molecule has 9 nitrogen and oxygen atoms in total. The van der Waals surface area contributed by atoms with Crippen molar-refractivity contribution in [1.82, 2.24) is 20.5 Å². The lowest BCUT2D eigenvalue weighted by Gasteiger charge is -2.50. The molecule has 4 fully saturated rings. The number of piperidine rings is 2. The van der Waals surface area contributed by atoms with E-state index in [0.29, 0.717) is 18.7 Å². The van der Waals surface area contributed by atoms with Crippen molar-refractivity contribution < 1.29 is 24.3 Å². The highest BCUT2D eigenvalue weighted by molar-refractivity contribution is 7.17. The number of amides is 3. The van der Waals surface area contributed by atoms with Crippen LogP contribution in [0.25, 0.3) is 10.2 Å². The third-order valence-electron chi connectivity index (χ3n) is 7.70. The second-order valence-corrected chi connectivity index (χ2v) is 10.7. The second-order valence-electron chi connectivity index (χ2n) is 9.76. The highest BCUT2D eigenvalue weighted by atomic mass is 32.1. The second kappa shape index (κ2) is 9.14. The van der Waals surface area contributed by atoms with E-state index in [1.54, 1.807) is 16.2 Å². The first-order valence-electron chi connectivity index (χ1n) is 12.0. The minimum Gasteiger partial charge on any atom is -0.389 e. The van der Waals surface area contributed by atoms with Crippen molar-refractivity contribution in [3.63, 3.8) is 0 Å². The SMILES string of the molecule is Cc1csc2cc(C(=O)N3C4CCC(CC4)[C@@H]3C(=O)N[C@H](C[C@@H]3CCNC3=O)C(=O)CO)[nH]c12. The van der Waals surface area contributed by atoms with Gasteiger partial charge in [0.05, 0.1) is 16.3 Å². The van der Waals surface area contributed by atoms with Crippen LogP contribution in [0.3, 0.4) is 0 Å². The van der Waals surface area contributed by atoms with Gasteiger partial charge in [0.1, 0.15) is 18.3 Å². The van der Waals surface area contributed by atoms with Crippen molar-refractivity contribution in [2.75, 3.05) is 13.2 Å². The molecule has 0 spiro atoms. The number of thiophene rings is 1. The molecule has 0 radical (unpaired) electrons. The lowest BCUT2D eigenvalue weighted by atomic mass is 9.74. The van der Waals surface area contributed by atoms with Crippen LogP contribution in [0.15, 0.2) is 11.4 Å². The number of fused-ring (bicyclic) bond motifs is 4. The van der Waals surface area contributed by atoms with Crippen LogP contribution >= 0.6 is 11.3 Å². The van der Waals surface area contributed by atoms with E-state index in [4.69, 9.17) is 0 Å². The topological polar surface area (TPSA) is 132 Å². The monoisotopic (exact) mass is 486 g/mol. The van der Waals surface area contributed by atoms with Gasteiger partial charge in [-0.05, 0) is 68.4 Å². The maximum atomic E-state index is 13.6. The summed E-state index contributed by atoms with van der Waals surface area (Å²) in [5, 5.41) is 17.1. The Morgan fingerprint density at radius 1 is 1.24 bits per heavy atom. The zero-order valence-electron chi connectivity index (χ0n) is 19.1. The van der Waals surface area contributed by atoms with E-state index < -0.39 is 24.5 Å². The van der Waals surface area contributed by atoms with Crippen LogP contribution in [0.2, 0.25) is 0 Å². The van der Waals surface area contributed by atoms with Gasteiger partial charge in [0.25, 0.3) is 5.91 Å². The van der Waals surface area contributed by atoms with Crippen molar-refractivity contribution in [3.05, 3.63) is 22.7 Å². The molecule has 2 bridgehead atoms. The van der Waals surface area contributed by atoms with E-state index in [1.165, 1.54) is 0 Å². The Balaban J connectivity index is 1.38. The predicted octanol–water partition coefficient (Wildman–Crippen LogP) is 1.49. The fourth-order valence-corrected chi connectivity index (χ4v) is 6.80. The number of ketones is 1. The molecule has 0 unspecified atom stereocenters. The first-order chi connectivity index (χ1) is 16.4. The molecule has 1 saturated carbocycles. The summed E-state index contributed by atoms with van der Waals surface area (Å²) in [5.41, 5.74) is 2.50. The van der Waals surface area contributed by atoms with Crippen molar-refractivity contribution in [1.29, 1.82) is 0 Å². The molecule has 3 saturated heterocycles. The minimum atomic E-state index is -0.956. The van der Waals surface area contributed by atoms with Crippen LogP contribution in [0.5, 0.6) is 0 Å². The van der Waals surface area contributed by atoms with Crippen molar-refractivity contribution >= 4 is 45.1 Å². The Labute approximate surface area is 201 Å². The number of rotatable bonds is 7. The van der Waals surface area contributed by atoms with E-state index in [-0.39, 0.29) is 42.0 Å². The van der Waals surface area contributed by atoms with Crippen LogP contribution in [0, 0.1) is 18.8 Å². The predicted molar refractivity (Wildman–Crippen MR) is 126 cm³/mol. The van der Waals surface area contributed by atoms with E-state index in [2.05, 4.69) is 15.6 Å². The Morgan fingerprint density at radius 2 is 2.00 bits per heavy atom. The van der Waals surface area contributed by atoms with Gasteiger partial charge in [0.2, 0.25) is 11.8 Å². The average Bonchev–Trinajstić information content (AvgIpc) is 3.55. The maximum absolute atomic E-state index is 13.6. The third-order valence-corrected chi connectivity index (χ3v) is 8.74. The molecule has 10 heteroatoms. The lowest BCUT2D eigenvalue weighted by Crippen LogP contribution is -2.64. The number of nitrogens with zero attached hydrogens (tertiary/aromatic N) is 1. The molecule has 5 heterocycles. The molecule has 4 N–H and O–H groups in total. The first-order valence-corrected chi connectivity index (χ1v) is 12.9. The maximum Gasteiger partial charge on any atom is 0.271 e. The molecular weight excluding hydrogens is 456 g/mol. The van der Waals surface area contributed by atoms with Gasteiger partial charge in [-0.15, -0.1) is 11.3 Å². The number of aromatic amines is 1. The fraction of sp³-hybridized carbons (Fsp3) is 0.583. The van der Waals surface area contributed by atoms with Gasteiger partial charge in [0, 0.05) is 18.5 Å². The quantitative estimate of drug-likeness (QED) is 0.471. The number of aliphatic hydroxyl groups is 1. The van der Waals surface area contributed by atoms with Gasteiger partial charge in [-0.2, -0.15) is 0 Å². The van der Waals surface area contributed by atoms with Gasteiger partial charge >= 0.3 is 0 Å². The number of aryl methyl sites for hydroxylation is 1. The number of aromatic nitrogens is 1. The molecule has 4 aliphatic rings. The number of carbonyl (C=O) groups excluding carboxylic acids is 4. The fourth-order valence-electron chi connectivity index (χ4n) is 5.86. The average molecular weight is 487 g/mol. The van der Waals surface area contributed by atoms with Crippen LogP contribution in [0.4, 0.5) is 0 Å². The van der Waals surface area contributed by atoms with E-state index in [9.17, 15) is 24.3 Å². The first kappa shape index (κ1) is 23.0. The van der Waals surface area contributed by atoms with Gasteiger partial charge < -0.3 is 25.6 Å². The molecule has 3 aliphatic heterocycles. The number of aliphatic hydroxyl groups excluding tert-OH is 1. The summed E-state index contributed by atoms with van der Waals surface area (Å²) in [6.07, 6.45) is 4.17. The molecule has 2 aromatic heterocycles. The summed E-state index contributed by atoms with van der Waals surface area (Å²) < 4.78 is 1.01. The molecule has 0 aromatic carbocycles. The molecule has 2 aromatic rings. The lowest BCUT2D eigenvalue weighted by molar-refractivity contribution is -0.137. The van der Waals surface area contributed by atoms with Gasteiger partial charge in [0.15, 0.2) is 5.78 Å². The Kier molecular flexibility index (Phi) is 6.20. The molecule has 3 amide bonds. The molecular formula is C24H30N4O5S. The third kappa shape index (κ3) is 4.02. The van der Waals surface area contributed by atoms with Crippen LogP contribution in [-0.4, -0.2) is 69.8 Å². The highest BCUT2D eigenvalue weighted by Gasteiger charge is 2.48. The van der Waals surface area contributed by atoms with Crippen molar-refractivity contribution in [2.24, 2.45) is 11.8 Å². The minimum absolute atomic E-state index is 0.0198. The molecule has 34 heavy (non-hydrogen) atoms. The van der Waals surface area contributed by atoms with Crippen molar-refractivity contribution in [2.45, 2.75) is 63.6 Å². The van der Waals surface area contributed by atoms with Gasteiger partial charge in [-0.3, -0.25) is 19.2 Å². The Morgan fingerprint density at radius 3 is 2.65 bits per heavy atom. The Hall–Kier alpha value is -2.72. The highest BCUT2D eigenvalue weighted by Crippen LogP contribution is 2.41. The van der Waals surface area contributed by atoms with E-state index in [1.807, 2.05) is 18.4 Å². The van der Waals surface area contributed by atoms with Crippen molar-refractivity contribution in [3.8, 4) is 0 Å². The number of Topliss-reactive ketones (excluding diaryl/α,β-unsaturated/α-hetero) is 1. The summed E-state index contributed by atoms with van der Waals surface area (Å²) >= 11 is 1.58. The zero-order valence-corrected chi connectivity index (χ0v) is 20.0. The summed E-state index contributed by atoms with van der Waals surface area (Å²) in [4.78, 5) is 56.6. The Bertz CT molecular complexity index is 1130. The van der Waals surface area contributed by atoms with E-state index in [0.717, 1.165) is 41.5 Å². The number of nitrogens with one attached hydrogen (secondary N) is 3. The summed E-state index contributed by atoms with van der Waals surface area (Å²) in [5.74, 6) is -1.59. The number of hydrogen-bond acceptors (Lipinski definition) is 6. The number of hydrogen-bond donors (Lipinski definition) is 4. The summed E-state index contributed by atoms with van der Waals surface area (Å²) in [6.45, 7) is 1.82. The number of H-pyrrole nitrogens is 1.